The van der Waals surface area contributed by atoms with Gasteiger partial charge in [0.1, 0.15) is 0 Å². The van der Waals surface area contributed by atoms with Gasteiger partial charge in [-0.3, -0.25) is 9.69 Å². The number of carbonyl (C=O) groups excluding carboxylic acids is 1. The Hall–Kier alpha value is -1.20. The van der Waals surface area contributed by atoms with Gasteiger partial charge in [0.25, 0.3) is 0 Å². The smallest absolute Gasteiger partial charge is 0.229 e. The van der Waals surface area contributed by atoms with Gasteiger partial charge in [-0.25, -0.2) is 4.98 Å². The Bertz CT molecular complexity index is 525. The molecule has 1 aliphatic carbocycles. The zero-order valence-electron chi connectivity index (χ0n) is 13.9. The van der Waals surface area contributed by atoms with E-state index >= 15 is 0 Å². The van der Waals surface area contributed by atoms with Crippen LogP contribution in [0.25, 0.3) is 0 Å². The van der Waals surface area contributed by atoms with Crippen LogP contribution in [0.2, 0.25) is 0 Å². The third-order valence-electron chi connectivity index (χ3n) is 4.90. The summed E-state index contributed by atoms with van der Waals surface area (Å²) >= 11 is 1.71. The molecule has 3 rings (SSSR count). The first-order chi connectivity index (χ1) is 11.3. The van der Waals surface area contributed by atoms with Gasteiger partial charge in [-0.15, -0.1) is 17.9 Å². The number of hydrogen-bond acceptors (Lipinski definition) is 4. The second-order valence-electron chi connectivity index (χ2n) is 6.60. The molecule has 1 fully saturated rings. The van der Waals surface area contributed by atoms with Crippen molar-refractivity contribution < 1.29 is 4.79 Å². The number of nitrogens with zero attached hydrogens (tertiary/aromatic N) is 2. The van der Waals surface area contributed by atoms with Gasteiger partial charge in [-0.05, 0) is 64.0 Å². The molecule has 0 spiro atoms. The Kier molecular flexibility index (Phi) is 5.84. The number of aryl methyl sites for hydroxylation is 2. The maximum Gasteiger partial charge on any atom is 0.229 e. The highest BCUT2D eigenvalue weighted by Gasteiger charge is 2.23. The van der Waals surface area contributed by atoms with Crippen LogP contribution in [-0.4, -0.2) is 30.5 Å². The van der Waals surface area contributed by atoms with Crippen molar-refractivity contribution in [2.45, 2.75) is 51.4 Å². The minimum Gasteiger partial charge on any atom is -0.317 e. The molecule has 1 aromatic rings. The Morgan fingerprint density at radius 1 is 1.35 bits per heavy atom. The molecule has 1 aromatic heterocycles. The van der Waals surface area contributed by atoms with Crippen molar-refractivity contribution in [1.82, 2.24) is 10.3 Å². The molecule has 1 N–H and O–H groups in total. The molecule has 0 atom stereocenters. The van der Waals surface area contributed by atoms with Crippen molar-refractivity contribution in [1.29, 1.82) is 0 Å². The number of nitrogens with one attached hydrogen (secondary N) is 1. The highest BCUT2D eigenvalue weighted by molar-refractivity contribution is 7.16. The maximum atomic E-state index is 12.7. The molecule has 2 aliphatic rings. The number of anilines is 1. The third kappa shape index (κ3) is 4.21. The van der Waals surface area contributed by atoms with Gasteiger partial charge < -0.3 is 5.32 Å². The van der Waals surface area contributed by atoms with E-state index in [0.717, 1.165) is 37.5 Å². The summed E-state index contributed by atoms with van der Waals surface area (Å²) in [6, 6.07) is 0. The van der Waals surface area contributed by atoms with Crippen molar-refractivity contribution in [3.05, 3.63) is 23.2 Å². The molecule has 0 saturated carbocycles. The van der Waals surface area contributed by atoms with Crippen LogP contribution in [-0.2, 0) is 17.6 Å². The number of aromatic nitrogens is 1. The summed E-state index contributed by atoms with van der Waals surface area (Å²) in [6.07, 6.45) is 10.5. The van der Waals surface area contributed by atoms with Crippen molar-refractivity contribution in [3.8, 4) is 0 Å². The minimum absolute atomic E-state index is 0.203. The van der Waals surface area contributed by atoms with Crippen LogP contribution in [0.3, 0.4) is 0 Å². The van der Waals surface area contributed by atoms with Crippen LogP contribution in [0, 0.1) is 5.92 Å². The van der Waals surface area contributed by atoms with Crippen LogP contribution in [0.15, 0.2) is 12.7 Å². The first-order valence-electron chi connectivity index (χ1n) is 8.88. The Labute approximate surface area is 143 Å². The number of rotatable bonds is 6. The summed E-state index contributed by atoms with van der Waals surface area (Å²) in [5.41, 5.74) is 1.22. The normalized spacial score (nSPS) is 18.4. The number of piperidine rings is 1. The van der Waals surface area contributed by atoms with Crippen molar-refractivity contribution >= 4 is 22.4 Å². The highest BCUT2D eigenvalue weighted by Crippen LogP contribution is 2.32. The first-order valence-corrected chi connectivity index (χ1v) is 9.70. The van der Waals surface area contributed by atoms with E-state index in [4.69, 9.17) is 4.98 Å². The summed E-state index contributed by atoms with van der Waals surface area (Å²) in [7, 11) is 0. The fourth-order valence-corrected chi connectivity index (χ4v) is 4.68. The van der Waals surface area contributed by atoms with Crippen LogP contribution < -0.4 is 10.2 Å². The molecular weight excluding hydrogens is 306 g/mol. The van der Waals surface area contributed by atoms with Gasteiger partial charge >= 0.3 is 0 Å². The van der Waals surface area contributed by atoms with E-state index in [9.17, 15) is 4.79 Å². The van der Waals surface area contributed by atoms with E-state index in [-0.39, 0.29) is 5.91 Å². The zero-order valence-corrected chi connectivity index (χ0v) is 14.7. The largest absolute Gasteiger partial charge is 0.317 e. The topological polar surface area (TPSA) is 45.2 Å². The zero-order chi connectivity index (χ0) is 16.1. The summed E-state index contributed by atoms with van der Waals surface area (Å²) in [4.78, 5) is 20.7. The fourth-order valence-electron chi connectivity index (χ4n) is 3.50. The fraction of sp³-hybridized carbons (Fsp3) is 0.667. The Morgan fingerprint density at radius 3 is 2.87 bits per heavy atom. The molecule has 0 unspecified atom stereocenters. The highest BCUT2D eigenvalue weighted by atomic mass is 32.1. The number of amides is 1. The summed E-state index contributed by atoms with van der Waals surface area (Å²) in [5.74, 6) is 0.893. The van der Waals surface area contributed by atoms with E-state index < -0.39 is 0 Å². The monoisotopic (exact) mass is 333 g/mol. The van der Waals surface area contributed by atoms with E-state index in [0.29, 0.717) is 18.9 Å². The van der Waals surface area contributed by atoms with Crippen LogP contribution in [0.1, 0.15) is 49.1 Å². The van der Waals surface area contributed by atoms with Gasteiger partial charge in [0.15, 0.2) is 5.13 Å². The molecule has 0 aromatic carbocycles. The molecule has 1 amide bonds. The average Bonchev–Trinajstić information content (AvgIpc) is 3.02. The van der Waals surface area contributed by atoms with E-state index in [1.165, 1.54) is 36.3 Å². The van der Waals surface area contributed by atoms with Gasteiger partial charge in [0.05, 0.1) is 5.69 Å². The van der Waals surface area contributed by atoms with Gasteiger partial charge in [0, 0.05) is 17.8 Å². The van der Waals surface area contributed by atoms with Crippen molar-refractivity contribution in [2.75, 3.05) is 24.5 Å². The average molecular weight is 334 g/mol. The van der Waals surface area contributed by atoms with Crippen LogP contribution >= 0.6 is 11.3 Å². The van der Waals surface area contributed by atoms with Gasteiger partial charge in [0.2, 0.25) is 5.91 Å². The van der Waals surface area contributed by atoms with Crippen molar-refractivity contribution in [3.63, 3.8) is 0 Å². The second kappa shape index (κ2) is 8.06. The van der Waals surface area contributed by atoms with Crippen LogP contribution in [0.4, 0.5) is 5.13 Å². The van der Waals surface area contributed by atoms with E-state index in [1.54, 1.807) is 11.3 Å². The Balaban J connectivity index is 1.63. The Morgan fingerprint density at radius 2 is 2.13 bits per heavy atom. The molecule has 4 nitrogen and oxygen atoms in total. The minimum atomic E-state index is 0.203. The standard InChI is InChI=1S/C18H27N3OS/c1-2-13-21(17(22)8-7-14-9-11-19-12-10-14)18-20-15-5-3-4-6-16(15)23-18/h2,14,19H,1,3-13H2. The summed E-state index contributed by atoms with van der Waals surface area (Å²) in [6.45, 7) is 6.57. The molecule has 23 heavy (non-hydrogen) atoms. The number of hydrogen-bond donors (Lipinski definition) is 1. The quantitative estimate of drug-likeness (QED) is 0.812. The van der Waals surface area contributed by atoms with Gasteiger partial charge in [-0.2, -0.15) is 0 Å². The number of fused-ring (bicyclic) bond motifs is 1. The molecule has 0 bridgehead atoms. The molecule has 0 radical (unpaired) electrons. The molecule has 2 heterocycles. The molecule has 126 valence electrons. The molecule has 1 aliphatic heterocycles. The summed E-state index contributed by atoms with van der Waals surface area (Å²) < 4.78 is 0. The van der Waals surface area contributed by atoms with Crippen molar-refractivity contribution in [2.24, 2.45) is 5.92 Å². The van der Waals surface area contributed by atoms with Crippen LogP contribution in [0.5, 0.6) is 0 Å². The lowest BCUT2D eigenvalue weighted by Crippen LogP contribution is -2.32. The SMILES string of the molecule is C=CCN(C(=O)CCC1CCNCC1)c1nc2c(s1)CCCC2. The van der Waals surface area contributed by atoms with E-state index in [2.05, 4.69) is 11.9 Å². The lowest BCUT2D eigenvalue weighted by molar-refractivity contribution is -0.118. The lowest BCUT2D eigenvalue weighted by Gasteiger charge is -2.24. The van der Waals surface area contributed by atoms with Gasteiger partial charge in [-0.1, -0.05) is 6.08 Å². The first kappa shape index (κ1) is 16.7. The second-order valence-corrected chi connectivity index (χ2v) is 7.66. The number of carbonyl (C=O) groups is 1. The molecule has 5 heteroatoms. The predicted octanol–water partition coefficient (Wildman–Crippen LogP) is 3.32. The molecule has 1 saturated heterocycles. The maximum absolute atomic E-state index is 12.7. The number of thiazole rings is 1. The molecular formula is C18H27N3OS. The van der Waals surface area contributed by atoms with E-state index in [1.807, 2.05) is 11.0 Å². The third-order valence-corrected chi connectivity index (χ3v) is 6.08. The lowest BCUT2D eigenvalue weighted by atomic mass is 9.93. The predicted molar refractivity (Wildman–Crippen MR) is 96.1 cm³/mol. The summed E-state index contributed by atoms with van der Waals surface area (Å²) in [5, 5.41) is 4.26.